The van der Waals surface area contributed by atoms with E-state index >= 15 is 0 Å². The molecule has 1 fully saturated rings. The lowest BCUT2D eigenvalue weighted by molar-refractivity contribution is -0.137. The van der Waals surface area contributed by atoms with Gasteiger partial charge in [-0.25, -0.2) is 0 Å². The number of piperazine rings is 1. The van der Waals surface area contributed by atoms with Gasteiger partial charge in [0.2, 0.25) is 0 Å². The van der Waals surface area contributed by atoms with Gasteiger partial charge in [0.05, 0.1) is 30.1 Å². The number of hydrogen-bond donors (Lipinski definition) is 0. The van der Waals surface area contributed by atoms with Crippen LogP contribution in [-0.4, -0.2) is 44.4 Å². The summed E-state index contributed by atoms with van der Waals surface area (Å²) in [6.07, 6.45) is -4.35. The second-order valence-corrected chi connectivity index (χ2v) is 10.6. The third-order valence-electron chi connectivity index (χ3n) is 8.11. The van der Waals surface area contributed by atoms with Gasteiger partial charge in [0, 0.05) is 36.0 Å². The quantitative estimate of drug-likeness (QED) is 0.397. The minimum absolute atomic E-state index is 0.127. The van der Waals surface area contributed by atoms with Crippen LogP contribution in [0.25, 0.3) is 0 Å². The lowest BCUT2D eigenvalue weighted by Crippen LogP contribution is -2.67. The Morgan fingerprint density at radius 2 is 1.69 bits per heavy atom. The third kappa shape index (κ3) is 4.11. The van der Waals surface area contributed by atoms with Crippen LogP contribution < -0.4 is 19.5 Å². The molecule has 1 saturated heterocycles. The molecule has 3 aliphatic rings. The van der Waals surface area contributed by atoms with Crippen molar-refractivity contribution in [1.82, 2.24) is 0 Å². The van der Waals surface area contributed by atoms with E-state index in [0.717, 1.165) is 23.2 Å². The number of anilines is 3. The minimum Gasteiger partial charge on any atom is -0.497 e. The summed E-state index contributed by atoms with van der Waals surface area (Å²) in [5.74, 6) is 0.491. The molecule has 202 valence electrons. The molecule has 1 amide bonds. The van der Waals surface area contributed by atoms with Crippen LogP contribution in [0, 0.1) is 5.41 Å². The van der Waals surface area contributed by atoms with E-state index in [-0.39, 0.29) is 18.4 Å². The average Bonchev–Trinajstić information content (AvgIpc) is 3.18. The zero-order valence-corrected chi connectivity index (χ0v) is 22.1. The summed E-state index contributed by atoms with van der Waals surface area (Å²) in [6, 6.07) is 18.1. The monoisotopic (exact) mass is 554 g/mol. The van der Waals surface area contributed by atoms with Crippen molar-refractivity contribution in [2.45, 2.75) is 25.6 Å². The first-order chi connectivity index (χ1) is 18.6. The van der Waals surface area contributed by atoms with Gasteiger partial charge in [0.15, 0.2) is 0 Å². The normalized spacial score (nSPS) is 22.6. The number of halogens is 4. The highest BCUT2D eigenvalue weighted by molar-refractivity contribution is 6.30. The fourth-order valence-corrected chi connectivity index (χ4v) is 6.22. The highest BCUT2D eigenvalue weighted by Crippen LogP contribution is 2.49. The first-order valence-corrected chi connectivity index (χ1v) is 13.0. The number of amides is 1. The van der Waals surface area contributed by atoms with Crippen molar-refractivity contribution >= 4 is 40.3 Å². The molecule has 6 rings (SSSR count). The number of fused-ring (bicyclic) bond motifs is 4. The van der Waals surface area contributed by atoms with Gasteiger partial charge in [-0.2, -0.15) is 23.3 Å². The molecule has 0 radical (unpaired) electrons. The Morgan fingerprint density at radius 3 is 2.36 bits per heavy atom. The predicted molar refractivity (Wildman–Crippen MR) is 146 cm³/mol. The fraction of sp³-hybridized carbons (Fsp3) is 0.310. The van der Waals surface area contributed by atoms with Crippen LogP contribution in [0.4, 0.5) is 30.2 Å². The topological polar surface area (TPSA) is 48.4 Å². The molecular formula is C29H26ClF3N4O2. The molecule has 6 nitrogen and oxygen atoms in total. The van der Waals surface area contributed by atoms with Crippen molar-refractivity contribution in [3.63, 3.8) is 0 Å². The largest absolute Gasteiger partial charge is 0.497 e. The standard InChI is InChI=1S/C29H26ClF3N4O2/c1-18-28(27(38)37(34-18)23-6-4-21(30)5-7-23)16-19-15-20(29(31,32)33)3-12-25(19)36-14-13-35(17-26(28)36)22-8-10-24(39-2)11-9-22/h3-12,15,26H,13-14,16-17H2,1-2H3/t26-,28+/m0/s1. The maximum Gasteiger partial charge on any atom is 0.416 e. The zero-order valence-electron chi connectivity index (χ0n) is 21.4. The van der Waals surface area contributed by atoms with Crippen LogP contribution in [0.2, 0.25) is 5.02 Å². The number of alkyl halides is 3. The Kier molecular flexibility index (Phi) is 6.02. The number of rotatable bonds is 3. The van der Waals surface area contributed by atoms with Gasteiger partial charge in [-0.1, -0.05) is 11.6 Å². The summed E-state index contributed by atoms with van der Waals surface area (Å²) in [5.41, 5.74) is 1.50. The summed E-state index contributed by atoms with van der Waals surface area (Å²) in [5, 5.41) is 6.57. The molecule has 39 heavy (non-hydrogen) atoms. The predicted octanol–water partition coefficient (Wildman–Crippen LogP) is 6.03. The van der Waals surface area contributed by atoms with Gasteiger partial charge in [-0.05, 0) is 85.6 Å². The van der Waals surface area contributed by atoms with Crippen molar-refractivity contribution in [3.05, 3.63) is 82.9 Å². The van der Waals surface area contributed by atoms with Crippen molar-refractivity contribution in [2.24, 2.45) is 10.5 Å². The highest BCUT2D eigenvalue weighted by Gasteiger charge is 2.60. The van der Waals surface area contributed by atoms with Crippen molar-refractivity contribution < 1.29 is 22.7 Å². The first kappa shape index (κ1) is 25.6. The number of nitrogens with zero attached hydrogens (tertiary/aromatic N) is 4. The lowest BCUT2D eigenvalue weighted by Gasteiger charge is -2.53. The molecule has 0 aromatic heterocycles. The second-order valence-electron chi connectivity index (χ2n) is 10.1. The highest BCUT2D eigenvalue weighted by atomic mass is 35.5. The number of hydrogen-bond acceptors (Lipinski definition) is 5. The molecule has 3 aliphatic heterocycles. The van der Waals surface area contributed by atoms with E-state index in [9.17, 15) is 18.0 Å². The Morgan fingerprint density at radius 1 is 1.00 bits per heavy atom. The van der Waals surface area contributed by atoms with Gasteiger partial charge < -0.3 is 14.5 Å². The maximum absolute atomic E-state index is 14.3. The molecular weight excluding hydrogens is 529 g/mol. The van der Waals surface area contributed by atoms with Gasteiger partial charge >= 0.3 is 6.18 Å². The van der Waals surface area contributed by atoms with E-state index in [1.165, 1.54) is 11.1 Å². The summed E-state index contributed by atoms with van der Waals surface area (Å²) < 4.78 is 46.3. The molecule has 0 saturated carbocycles. The molecule has 1 spiro atoms. The summed E-state index contributed by atoms with van der Waals surface area (Å²) in [4.78, 5) is 18.7. The SMILES string of the molecule is COc1ccc(N2CCN3c4ccc(C(F)(F)F)cc4C[C@]4(C(=O)N(c5ccc(Cl)cc5)N=C4C)[C@@H]3C2)cc1. The van der Waals surface area contributed by atoms with E-state index in [2.05, 4.69) is 14.9 Å². The first-order valence-electron chi connectivity index (χ1n) is 12.6. The Balaban J connectivity index is 1.45. The van der Waals surface area contributed by atoms with Crippen molar-refractivity contribution in [2.75, 3.05) is 41.6 Å². The number of methoxy groups -OCH3 is 1. The Hall–Kier alpha value is -3.72. The van der Waals surface area contributed by atoms with E-state index in [0.29, 0.717) is 41.6 Å². The van der Waals surface area contributed by atoms with Crippen LogP contribution in [0.3, 0.4) is 0 Å². The van der Waals surface area contributed by atoms with Crippen LogP contribution in [0.1, 0.15) is 18.1 Å². The Bertz CT molecular complexity index is 1460. The molecule has 3 heterocycles. The molecule has 0 bridgehead atoms. The van der Waals surface area contributed by atoms with Gasteiger partial charge in [0.25, 0.3) is 5.91 Å². The fourth-order valence-electron chi connectivity index (χ4n) is 6.10. The van der Waals surface area contributed by atoms with Crippen molar-refractivity contribution in [3.8, 4) is 5.75 Å². The second kappa shape index (κ2) is 9.19. The van der Waals surface area contributed by atoms with Crippen LogP contribution in [-0.2, 0) is 17.4 Å². The zero-order chi connectivity index (χ0) is 27.5. The number of hydrazone groups is 1. The number of carbonyl (C=O) groups excluding carboxylic acids is 1. The van der Waals surface area contributed by atoms with Crippen LogP contribution >= 0.6 is 11.6 Å². The van der Waals surface area contributed by atoms with E-state index in [1.54, 1.807) is 44.4 Å². The molecule has 2 atom stereocenters. The maximum atomic E-state index is 14.3. The third-order valence-corrected chi connectivity index (χ3v) is 8.37. The molecule has 0 N–H and O–H groups in total. The molecule has 0 aliphatic carbocycles. The smallest absolute Gasteiger partial charge is 0.416 e. The van der Waals surface area contributed by atoms with E-state index < -0.39 is 17.2 Å². The van der Waals surface area contributed by atoms with Gasteiger partial charge in [-0.3, -0.25) is 4.79 Å². The molecule has 3 aromatic carbocycles. The minimum atomic E-state index is -4.48. The average molecular weight is 555 g/mol. The Labute approximate surface area is 229 Å². The van der Waals surface area contributed by atoms with E-state index in [1.807, 2.05) is 24.3 Å². The van der Waals surface area contributed by atoms with Gasteiger partial charge in [-0.15, -0.1) is 0 Å². The molecule has 10 heteroatoms. The summed E-state index contributed by atoms with van der Waals surface area (Å²) >= 11 is 6.07. The van der Waals surface area contributed by atoms with Gasteiger partial charge in [0.1, 0.15) is 11.2 Å². The van der Waals surface area contributed by atoms with Crippen LogP contribution in [0.5, 0.6) is 5.75 Å². The van der Waals surface area contributed by atoms with E-state index in [4.69, 9.17) is 16.3 Å². The number of ether oxygens (including phenoxy) is 1. The number of benzene rings is 3. The summed E-state index contributed by atoms with van der Waals surface area (Å²) in [7, 11) is 1.61. The number of carbonyl (C=O) groups is 1. The summed E-state index contributed by atoms with van der Waals surface area (Å²) in [6.45, 7) is 3.49. The molecule has 0 unspecified atom stereocenters. The lowest BCUT2D eigenvalue weighted by atomic mass is 9.67. The molecule has 3 aromatic rings. The van der Waals surface area contributed by atoms with Crippen molar-refractivity contribution in [1.29, 1.82) is 0 Å². The van der Waals surface area contributed by atoms with Crippen LogP contribution in [0.15, 0.2) is 71.8 Å².